The first kappa shape index (κ1) is 36.0. The van der Waals surface area contributed by atoms with Gasteiger partial charge < -0.3 is 30.5 Å². The van der Waals surface area contributed by atoms with Gasteiger partial charge >= 0.3 is 11.9 Å². The van der Waals surface area contributed by atoms with Gasteiger partial charge in [-0.2, -0.15) is 0 Å². The van der Waals surface area contributed by atoms with Gasteiger partial charge in [-0.05, 0) is 79.8 Å². The number of hydrogen-bond acceptors (Lipinski definition) is 8. The molecule has 2 amide bonds. The predicted molar refractivity (Wildman–Crippen MR) is 192 cm³/mol. The number of esters is 1. The first-order chi connectivity index (χ1) is 24.4. The fourth-order valence-corrected chi connectivity index (χ4v) is 6.19. The molecule has 51 heavy (non-hydrogen) atoms. The number of aromatic carboxylic acids is 1. The van der Waals surface area contributed by atoms with E-state index in [-0.39, 0.29) is 71.2 Å². The summed E-state index contributed by atoms with van der Waals surface area (Å²) < 4.78 is 11.0. The number of allylic oxidation sites excluding steroid dienone is 1. The minimum atomic E-state index is -1.30. The number of amidine groups is 1. The fraction of sp³-hybridized carbons (Fsp3) is 0.231. The third kappa shape index (κ3) is 8.30. The zero-order chi connectivity index (χ0) is 36.7. The molecule has 1 aromatic heterocycles. The van der Waals surface area contributed by atoms with Crippen LogP contribution in [0.5, 0.6) is 5.88 Å². The maximum Gasteiger partial charge on any atom is 0.336 e. The highest BCUT2D eigenvalue weighted by molar-refractivity contribution is 6.10. The molecule has 0 saturated carbocycles. The van der Waals surface area contributed by atoms with Gasteiger partial charge in [-0.25, -0.2) is 9.78 Å². The molecule has 3 aromatic carbocycles. The third-order valence-corrected chi connectivity index (χ3v) is 8.83. The molecule has 12 heteroatoms. The van der Waals surface area contributed by atoms with E-state index >= 15 is 0 Å². The van der Waals surface area contributed by atoms with Crippen molar-refractivity contribution < 1.29 is 33.8 Å². The van der Waals surface area contributed by atoms with Crippen molar-refractivity contribution >= 4 is 35.3 Å². The molecule has 5 rings (SSSR count). The molecule has 0 unspecified atom stereocenters. The van der Waals surface area contributed by atoms with Crippen LogP contribution in [0.25, 0.3) is 11.1 Å². The number of hydrogen-bond donors (Lipinski definition) is 4. The maximum atomic E-state index is 13.7. The highest BCUT2D eigenvalue weighted by Gasteiger charge is 2.43. The molecule has 2 heterocycles. The van der Waals surface area contributed by atoms with E-state index in [0.717, 1.165) is 11.1 Å². The van der Waals surface area contributed by atoms with Gasteiger partial charge in [0.2, 0.25) is 5.88 Å². The summed E-state index contributed by atoms with van der Waals surface area (Å²) in [6, 6.07) is 23.1. The summed E-state index contributed by atoms with van der Waals surface area (Å²) in [7, 11) is 1.39. The van der Waals surface area contributed by atoms with Gasteiger partial charge in [-0.15, -0.1) is 6.58 Å². The monoisotopic (exact) mass is 689 g/mol. The van der Waals surface area contributed by atoms with Crippen LogP contribution in [0.15, 0.2) is 97.1 Å². The summed E-state index contributed by atoms with van der Waals surface area (Å²) in [5, 5.41) is 20.6. The number of rotatable bonds is 12. The zero-order valence-corrected chi connectivity index (χ0v) is 28.4. The van der Waals surface area contributed by atoms with E-state index in [1.54, 1.807) is 29.2 Å². The summed E-state index contributed by atoms with van der Waals surface area (Å²) >= 11 is 0. The number of nitrogens with two attached hydrogens (primary N) is 1. The number of nitrogens with one attached hydrogen (secondary N) is 2. The van der Waals surface area contributed by atoms with E-state index in [1.165, 1.54) is 37.4 Å². The summed E-state index contributed by atoms with van der Waals surface area (Å²) in [5.41, 5.74) is 7.51. The van der Waals surface area contributed by atoms with Gasteiger partial charge in [0.05, 0.1) is 18.1 Å². The number of nitrogen functional groups attached to an aromatic ring is 1. The quantitative estimate of drug-likeness (QED) is 0.0606. The third-order valence-electron chi connectivity index (χ3n) is 8.83. The van der Waals surface area contributed by atoms with E-state index < -0.39 is 17.3 Å². The number of benzene rings is 3. The molecular formula is C39H39N5O7. The molecule has 12 nitrogen and oxygen atoms in total. The average molecular weight is 690 g/mol. The fourth-order valence-electron chi connectivity index (χ4n) is 6.19. The topological polar surface area (TPSA) is 185 Å². The first-order valence-electron chi connectivity index (χ1n) is 16.2. The van der Waals surface area contributed by atoms with Crippen LogP contribution in [0, 0.1) is 10.8 Å². The molecule has 0 spiro atoms. The minimum absolute atomic E-state index is 0.101. The second-order valence-corrected chi connectivity index (χ2v) is 12.5. The zero-order valence-electron chi connectivity index (χ0n) is 28.4. The van der Waals surface area contributed by atoms with E-state index in [9.17, 15) is 24.3 Å². The Bertz CT molecular complexity index is 1990. The Morgan fingerprint density at radius 2 is 1.61 bits per heavy atom. The molecule has 4 aromatic rings. The van der Waals surface area contributed by atoms with Crippen LogP contribution in [-0.4, -0.2) is 64.8 Å². The number of carboxylic acids is 1. The van der Waals surface area contributed by atoms with E-state index in [4.69, 9.17) is 20.6 Å². The number of pyridine rings is 1. The minimum Gasteiger partial charge on any atom is -0.481 e. The second-order valence-electron chi connectivity index (χ2n) is 12.5. The van der Waals surface area contributed by atoms with Crippen molar-refractivity contribution in [1.82, 2.24) is 9.88 Å². The number of methoxy groups -OCH3 is 1. The number of ether oxygens (including phenoxy) is 2. The lowest BCUT2D eigenvalue weighted by Gasteiger charge is -2.40. The van der Waals surface area contributed by atoms with Gasteiger partial charge in [0, 0.05) is 41.5 Å². The van der Waals surface area contributed by atoms with Gasteiger partial charge in [0.1, 0.15) is 18.1 Å². The highest BCUT2D eigenvalue weighted by atomic mass is 16.5. The van der Waals surface area contributed by atoms with E-state index in [0.29, 0.717) is 30.5 Å². The summed E-state index contributed by atoms with van der Waals surface area (Å²) in [5.74, 6) is -2.64. The highest BCUT2D eigenvalue weighted by Crippen LogP contribution is 2.39. The van der Waals surface area contributed by atoms with Crippen LogP contribution in [0.1, 0.15) is 68.5 Å². The number of carbonyl (C=O) groups is 4. The lowest BCUT2D eigenvalue weighted by atomic mass is 9.74. The molecule has 1 fully saturated rings. The number of aromatic nitrogens is 1. The van der Waals surface area contributed by atoms with Crippen LogP contribution in [0.2, 0.25) is 0 Å². The van der Waals surface area contributed by atoms with E-state index in [1.807, 2.05) is 37.3 Å². The second kappa shape index (κ2) is 15.5. The molecule has 0 bridgehead atoms. The van der Waals surface area contributed by atoms with Gasteiger partial charge in [0.15, 0.2) is 0 Å². The van der Waals surface area contributed by atoms with Crippen LogP contribution in [-0.2, 0) is 16.1 Å². The largest absolute Gasteiger partial charge is 0.481 e. The van der Waals surface area contributed by atoms with Crippen molar-refractivity contribution in [2.24, 2.45) is 11.1 Å². The normalized spacial score (nSPS) is 13.5. The molecule has 1 aliphatic rings. The SMILES string of the molecule is C=C(C)CC1(C(=O)OCc2ccccc2)CCN(C(=O)c2ccc(-c3ccc(OC)nc3C(=O)Nc3ccc(C(=N)N)cc3)c(C(=O)O)c2)CC1. The first-order valence-corrected chi connectivity index (χ1v) is 16.2. The molecular weight excluding hydrogens is 650 g/mol. The molecule has 0 radical (unpaired) electrons. The summed E-state index contributed by atoms with van der Waals surface area (Å²) in [6.45, 7) is 6.55. The van der Waals surface area contributed by atoms with Gasteiger partial charge in [-0.3, -0.25) is 19.8 Å². The van der Waals surface area contributed by atoms with Gasteiger partial charge in [-0.1, -0.05) is 42.0 Å². The number of anilines is 1. The number of nitrogens with zero attached hydrogens (tertiary/aromatic N) is 2. The Kier molecular flexibility index (Phi) is 10.9. The summed E-state index contributed by atoms with van der Waals surface area (Å²) in [6.07, 6.45) is 1.14. The Morgan fingerprint density at radius 3 is 2.22 bits per heavy atom. The van der Waals surface area contributed by atoms with E-state index in [2.05, 4.69) is 16.9 Å². The van der Waals surface area contributed by atoms with Crippen molar-refractivity contribution in [2.75, 3.05) is 25.5 Å². The summed E-state index contributed by atoms with van der Waals surface area (Å²) in [4.78, 5) is 59.2. The molecule has 1 aliphatic heterocycles. The number of carbonyl (C=O) groups excluding carboxylic acids is 3. The lowest BCUT2D eigenvalue weighted by molar-refractivity contribution is -0.160. The lowest BCUT2D eigenvalue weighted by Crippen LogP contribution is -2.47. The van der Waals surface area contributed by atoms with Crippen molar-refractivity contribution in [3.8, 4) is 17.0 Å². The van der Waals surface area contributed by atoms with Crippen molar-refractivity contribution in [2.45, 2.75) is 32.8 Å². The number of amides is 2. The Hall–Kier alpha value is -6.30. The van der Waals surface area contributed by atoms with Crippen LogP contribution >= 0.6 is 0 Å². The molecule has 0 aliphatic carbocycles. The van der Waals surface area contributed by atoms with Crippen molar-refractivity contribution in [3.63, 3.8) is 0 Å². The van der Waals surface area contributed by atoms with Crippen LogP contribution in [0.4, 0.5) is 5.69 Å². The Balaban J connectivity index is 1.37. The predicted octanol–water partition coefficient (Wildman–Crippen LogP) is 5.92. The molecule has 5 N–H and O–H groups in total. The maximum absolute atomic E-state index is 13.7. The molecule has 0 atom stereocenters. The van der Waals surface area contributed by atoms with Crippen molar-refractivity contribution in [3.05, 3.63) is 125 Å². The molecule has 262 valence electrons. The Labute approximate surface area is 295 Å². The standard InChI is InChI=1S/C39H39N5O7/c1-24(2)22-39(38(49)51-23-25-7-5-4-6-8-25)17-19-44(20-18-39)36(46)27-11-14-29(31(21-27)37(47)48)30-15-16-32(50-3)43-33(30)35(45)42-28-12-9-26(10-13-28)34(40)41/h4-16,21H,1,17-20,22-23H2,2-3H3,(H3,40,41)(H,42,45)(H,47,48). The average Bonchev–Trinajstić information content (AvgIpc) is 3.13. The number of likely N-dealkylation sites (tertiary alicyclic amines) is 1. The number of carboxylic acid groups (broad SMARTS) is 1. The van der Waals surface area contributed by atoms with Gasteiger partial charge in [0.25, 0.3) is 11.8 Å². The number of piperidine rings is 1. The van der Waals surface area contributed by atoms with Crippen molar-refractivity contribution in [1.29, 1.82) is 5.41 Å². The smallest absolute Gasteiger partial charge is 0.336 e. The van der Waals surface area contributed by atoms with Crippen LogP contribution in [0.3, 0.4) is 0 Å². The Morgan fingerprint density at radius 1 is 0.961 bits per heavy atom. The van der Waals surface area contributed by atoms with Crippen LogP contribution < -0.4 is 15.8 Å². The molecule has 1 saturated heterocycles.